The van der Waals surface area contributed by atoms with Crippen LogP contribution < -0.4 is 5.32 Å². The molecule has 37 heavy (non-hydrogen) atoms. The lowest BCUT2D eigenvalue weighted by atomic mass is 9.92. The van der Waals surface area contributed by atoms with Crippen LogP contribution in [0.4, 0.5) is 4.39 Å². The molecule has 1 N–H and O–H groups in total. The van der Waals surface area contributed by atoms with E-state index in [1.54, 1.807) is 13.2 Å². The molecule has 2 atom stereocenters. The summed E-state index contributed by atoms with van der Waals surface area (Å²) in [5, 5.41) is 3.40. The summed E-state index contributed by atoms with van der Waals surface area (Å²) < 4.78 is 26.5. The van der Waals surface area contributed by atoms with Gasteiger partial charge in [0.25, 0.3) is 5.91 Å². The van der Waals surface area contributed by atoms with Crippen molar-refractivity contribution in [2.75, 3.05) is 59.7 Å². The van der Waals surface area contributed by atoms with E-state index in [4.69, 9.17) is 9.47 Å². The number of ether oxygens (including phenoxy) is 2. The van der Waals surface area contributed by atoms with Gasteiger partial charge in [-0.2, -0.15) is 0 Å². The van der Waals surface area contributed by atoms with Gasteiger partial charge < -0.3 is 29.2 Å². The third-order valence-corrected chi connectivity index (χ3v) is 7.14. The van der Waals surface area contributed by atoms with Crippen LogP contribution in [0, 0.1) is 17.7 Å². The minimum absolute atomic E-state index is 0.123. The number of amides is 2. The Bertz CT molecular complexity index is 1070. The molecular formula is C27H40FN5O4. The number of hydrogen-bond donors (Lipinski definition) is 1. The predicted octanol–water partition coefficient (Wildman–Crippen LogP) is 2.54. The Morgan fingerprint density at radius 2 is 2.03 bits per heavy atom. The molecule has 4 rings (SSSR count). The molecule has 1 aromatic heterocycles. The highest BCUT2D eigenvalue weighted by molar-refractivity contribution is 5.95. The highest BCUT2D eigenvalue weighted by atomic mass is 19.1. The van der Waals surface area contributed by atoms with Crippen LogP contribution in [-0.4, -0.2) is 96.9 Å². The standard InChI is InChI=1S/C27H40FN5O4/c1-19(2)18-33(22-14-20(16-29-17-22)26(34)31-9-12-37-13-10-31)27(35)25-30-23-15-21(28)6-7-24(23)32(25)8-4-5-11-36-3/h6-7,15,19-20,22,29H,4-5,8-14,16-18H2,1-3H3/t20-,22+/m1/s1. The topological polar surface area (TPSA) is 88.9 Å². The largest absolute Gasteiger partial charge is 0.385 e. The number of methoxy groups -OCH3 is 1. The van der Waals surface area contributed by atoms with Crippen molar-refractivity contribution in [1.29, 1.82) is 0 Å². The van der Waals surface area contributed by atoms with E-state index in [-0.39, 0.29) is 35.5 Å². The van der Waals surface area contributed by atoms with E-state index in [2.05, 4.69) is 24.1 Å². The maximum absolute atomic E-state index is 14.1. The van der Waals surface area contributed by atoms with Crippen molar-refractivity contribution in [3.05, 3.63) is 29.8 Å². The van der Waals surface area contributed by atoms with Crippen molar-refractivity contribution in [1.82, 2.24) is 24.7 Å². The zero-order valence-corrected chi connectivity index (χ0v) is 22.2. The van der Waals surface area contributed by atoms with Gasteiger partial charge in [-0.25, -0.2) is 9.37 Å². The number of imidazole rings is 1. The lowest BCUT2D eigenvalue weighted by Gasteiger charge is -2.40. The van der Waals surface area contributed by atoms with Gasteiger partial charge in [-0.1, -0.05) is 13.8 Å². The number of piperidine rings is 1. The fraction of sp³-hybridized carbons (Fsp3) is 0.667. The van der Waals surface area contributed by atoms with Crippen LogP contribution in [0.3, 0.4) is 0 Å². The molecule has 2 aliphatic heterocycles. The third kappa shape index (κ3) is 6.66. The van der Waals surface area contributed by atoms with E-state index in [0.29, 0.717) is 76.9 Å². The molecule has 0 spiro atoms. The number of fused-ring (bicyclic) bond motifs is 1. The molecule has 0 saturated carbocycles. The molecule has 0 unspecified atom stereocenters. The van der Waals surface area contributed by atoms with Crippen LogP contribution in [-0.2, 0) is 20.8 Å². The summed E-state index contributed by atoms with van der Waals surface area (Å²) in [6.07, 6.45) is 2.26. The van der Waals surface area contributed by atoms with Crippen LogP contribution in [0.15, 0.2) is 18.2 Å². The summed E-state index contributed by atoms with van der Waals surface area (Å²) in [4.78, 5) is 35.7. The second kappa shape index (κ2) is 12.8. The maximum atomic E-state index is 14.1. The number of rotatable bonds is 10. The molecule has 9 nitrogen and oxygen atoms in total. The molecule has 204 valence electrons. The van der Waals surface area contributed by atoms with Gasteiger partial charge in [0.15, 0.2) is 5.82 Å². The van der Waals surface area contributed by atoms with Gasteiger partial charge in [0.1, 0.15) is 5.82 Å². The first-order valence-corrected chi connectivity index (χ1v) is 13.4. The normalized spacial score (nSPS) is 20.5. The Balaban J connectivity index is 1.59. The van der Waals surface area contributed by atoms with E-state index in [0.717, 1.165) is 18.4 Å². The predicted molar refractivity (Wildman–Crippen MR) is 139 cm³/mol. The monoisotopic (exact) mass is 517 g/mol. The zero-order valence-electron chi connectivity index (χ0n) is 22.2. The summed E-state index contributed by atoms with van der Waals surface area (Å²) in [7, 11) is 1.67. The molecule has 2 aromatic rings. The van der Waals surface area contributed by atoms with Gasteiger partial charge in [0.2, 0.25) is 5.91 Å². The first-order chi connectivity index (χ1) is 17.9. The first-order valence-electron chi connectivity index (χ1n) is 13.4. The highest BCUT2D eigenvalue weighted by Crippen LogP contribution is 2.25. The molecule has 2 amide bonds. The summed E-state index contributed by atoms with van der Waals surface area (Å²) in [5.74, 6) is -0.0741. The van der Waals surface area contributed by atoms with Gasteiger partial charge >= 0.3 is 0 Å². The van der Waals surface area contributed by atoms with Gasteiger partial charge in [0.05, 0.1) is 30.2 Å². The number of carbonyl (C=O) groups is 2. The average Bonchev–Trinajstić information content (AvgIpc) is 3.26. The van der Waals surface area contributed by atoms with Crippen molar-refractivity contribution in [2.24, 2.45) is 11.8 Å². The number of nitrogens with zero attached hydrogens (tertiary/aromatic N) is 4. The molecule has 0 bridgehead atoms. The number of nitrogens with one attached hydrogen (secondary N) is 1. The van der Waals surface area contributed by atoms with Crippen molar-refractivity contribution in [3.8, 4) is 0 Å². The van der Waals surface area contributed by atoms with Crippen molar-refractivity contribution in [2.45, 2.75) is 45.7 Å². The molecule has 2 fully saturated rings. The molecule has 1 aromatic carbocycles. The van der Waals surface area contributed by atoms with E-state index < -0.39 is 0 Å². The van der Waals surface area contributed by atoms with Crippen molar-refractivity contribution in [3.63, 3.8) is 0 Å². The third-order valence-electron chi connectivity index (χ3n) is 7.14. The minimum Gasteiger partial charge on any atom is -0.385 e. The fourth-order valence-electron chi connectivity index (χ4n) is 5.32. The van der Waals surface area contributed by atoms with Crippen LogP contribution >= 0.6 is 0 Å². The maximum Gasteiger partial charge on any atom is 0.290 e. The number of carbonyl (C=O) groups excluding carboxylic acids is 2. The van der Waals surface area contributed by atoms with Gasteiger partial charge in [-0.05, 0) is 37.3 Å². The number of benzene rings is 1. The summed E-state index contributed by atoms with van der Waals surface area (Å²) in [6.45, 7) is 9.50. The van der Waals surface area contributed by atoms with Crippen LogP contribution in [0.5, 0.6) is 0 Å². The van der Waals surface area contributed by atoms with Gasteiger partial charge in [-0.15, -0.1) is 0 Å². The van der Waals surface area contributed by atoms with Crippen LogP contribution in [0.25, 0.3) is 11.0 Å². The van der Waals surface area contributed by atoms with E-state index in [1.165, 1.54) is 12.1 Å². The molecule has 2 aliphatic rings. The lowest BCUT2D eigenvalue weighted by Crippen LogP contribution is -2.56. The molecular weight excluding hydrogens is 477 g/mol. The number of unbranched alkanes of at least 4 members (excludes halogenated alkanes) is 1. The minimum atomic E-state index is -0.379. The summed E-state index contributed by atoms with van der Waals surface area (Å²) in [5.41, 5.74) is 1.22. The Morgan fingerprint density at radius 1 is 1.24 bits per heavy atom. The van der Waals surface area contributed by atoms with E-state index in [9.17, 15) is 14.0 Å². The van der Waals surface area contributed by atoms with E-state index >= 15 is 0 Å². The number of morpholine rings is 1. The van der Waals surface area contributed by atoms with Crippen LogP contribution in [0.2, 0.25) is 0 Å². The quantitative estimate of drug-likeness (QED) is 0.488. The summed E-state index contributed by atoms with van der Waals surface area (Å²) >= 11 is 0. The summed E-state index contributed by atoms with van der Waals surface area (Å²) in [6, 6.07) is 4.33. The van der Waals surface area contributed by atoms with Gasteiger partial charge in [-0.3, -0.25) is 9.59 Å². The highest BCUT2D eigenvalue weighted by Gasteiger charge is 2.36. The smallest absolute Gasteiger partial charge is 0.290 e. The molecule has 0 radical (unpaired) electrons. The molecule has 10 heteroatoms. The molecule has 2 saturated heterocycles. The zero-order chi connectivity index (χ0) is 26.4. The Hall–Kier alpha value is -2.56. The lowest BCUT2D eigenvalue weighted by molar-refractivity contribution is -0.140. The number of halogens is 1. The fourth-order valence-corrected chi connectivity index (χ4v) is 5.32. The SMILES string of the molecule is COCCCCn1c(C(=O)N(CC(C)C)[C@@H]2CNC[C@H](C(=O)N3CCOCC3)C2)nc2cc(F)ccc21. The Labute approximate surface area is 218 Å². The van der Waals surface area contributed by atoms with Crippen molar-refractivity contribution < 1.29 is 23.5 Å². The second-order valence-corrected chi connectivity index (χ2v) is 10.5. The average molecular weight is 518 g/mol. The number of aromatic nitrogens is 2. The van der Waals surface area contributed by atoms with E-state index in [1.807, 2.05) is 14.4 Å². The van der Waals surface area contributed by atoms with Gasteiger partial charge in [0, 0.05) is 65.1 Å². The Kier molecular flexibility index (Phi) is 9.50. The van der Waals surface area contributed by atoms with Crippen LogP contribution in [0.1, 0.15) is 43.7 Å². The number of hydrogen-bond acceptors (Lipinski definition) is 6. The Morgan fingerprint density at radius 3 is 2.76 bits per heavy atom. The molecule has 0 aliphatic carbocycles. The first kappa shape index (κ1) is 27.5. The van der Waals surface area contributed by atoms with Crippen molar-refractivity contribution >= 4 is 22.8 Å². The second-order valence-electron chi connectivity index (χ2n) is 10.5. The number of aryl methyl sites for hydroxylation is 1. The molecule has 3 heterocycles.